The molecule has 1 aliphatic heterocycles. The molecule has 4 nitrogen and oxygen atoms in total. The van der Waals surface area contributed by atoms with Gasteiger partial charge in [-0.3, -0.25) is 4.79 Å². The summed E-state index contributed by atoms with van der Waals surface area (Å²) in [4.78, 5) is 10.8. The Hall–Kier alpha value is -1.44. The van der Waals surface area contributed by atoms with Crippen molar-refractivity contribution >= 4 is 21.9 Å². The van der Waals surface area contributed by atoms with Gasteiger partial charge in [-0.15, -0.1) is 10.2 Å². The van der Waals surface area contributed by atoms with Gasteiger partial charge in [0, 0.05) is 10.0 Å². The largest absolute Gasteiger partial charge is 0.481 e. The van der Waals surface area contributed by atoms with E-state index in [4.69, 9.17) is 5.11 Å². The van der Waals surface area contributed by atoms with Crippen LogP contribution in [0.2, 0.25) is 0 Å². The average Bonchev–Trinajstić information content (AvgIpc) is 3.07. The molecule has 1 aromatic rings. The van der Waals surface area contributed by atoms with Crippen LogP contribution in [-0.4, -0.2) is 17.3 Å². The van der Waals surface area contributed by atoms with Gasteiger partial charge in [0.25, 0.3) is 0 Å². The second-order valence-corrected chi connectivity index (χ2v) is 5.58. The highest BCUT2D eigenvalue weighted by molar-refractivity contribution is 9.10. The van der Waals surface area contributed by atoms with Crippen molar-refractivity contribution in [1.29, 1.82) is 0 Å². The van der Waals surface area contributed by atoms with Gasteiger partial charge in [-0.2, -0.15) is 13.2 Å². The first-order valence-corrected chi connectivity index (χ1v) is 6.48. The normalized spacial score (nSPS) is 17.9. The SMILES string of the molecule is C[C@@H](Cc1cc(Br)cc(C2(C(F)(F)F)N=N2)c1)C(=O)O. The first-order valence-electron chi connectivity index (χ1n) is 5.69. The monoisotopic (exact) mass is 350 g/mol. The van der Waals surface area contributed by atoms with Crippen LogP contribution in [0.15, 0.2) is 32.9 Å². The molecule has 0 amide bonds. The lowest BCUT2D eigenvalue weighted by atomic mass is 9.95. The van der Waals surface area contributed by atoms with Crippen molar-refractivity contribution in [3.63, 3.8) is 0 Å². The minimum Gasteiger partial charge on any atom is -0.481 e. The summed E-state index contributed by atoms with van der Waals surface area (Å²) in [5, 5.41) is 15.1. The Labute approximate surface area is 120 Å². The minimum atomic E-state index is -4.59. The highest BCUT2D eigenvalue weighted by atomic mass is 79.9. The fourth-order valence-electron chi connectivity index (χ4n) is 1.85. The second-order valence-electron chi connectivity index (χ2n) is 4.66. The van der Waals surface area contributed by atoms with Gasteiger partial charge in [0.1, 0.15) is 0 Å². The van der Waals surface area contributed by atoms with Crippen molar-refractivity contribution in [3.8, 4) is 0 Å². The smallest absolute Gasteiger partial charge is 0.442 e. The van der Waals surface area contributed by atoms with Crippen LogP contribution in [-0.2, 0) is 16.9 Å². The van der Waals surface area contributed by atoms with Crippen LogP contribution in [0, 0.1) is 5.92 Å². The van der Waals surface area contributed by atoms with E-state index < -0.39 is 23.7 Å². The Morgan fingerprint density at radius 1 is 1.40 bits per heavy atom. The average molecular weight is 351 g/mol. The number of benzene rings is 1. The summed E-state index contributed by atoms with van der Waals surface area (Å²) >= 11 is 3.13. The maximum Gasteiger partial charge on any atom is 0.442 e. The highest BCUT2D eigenvalue weighted by Crippen LogP contribution is 2.52. The van der Waals surface area contributed by atoms with E-state index in [1.54, 1.807) is 6.07 Å². The molecule has 108 valence electrons. The van der Waals surface area contributed by atoms with Crippen molar-refractivity contribution in [3.05, 3.63) is 33.8 Å². The van der Waals surface area contributed by atoms with E-state index in [0.717, 1.165) is 0 Å². The standard InChI is InChI=1S/C12H10BrF3N2O2/c1-6(10(19)20)2-7-3-8(5-9(13)4-7)11(17-18-11)12(14,15)16/h3-6H,2H2,1H3,(H,19,20)/t6-/m0/s1. The number of carbonyl (C=O) groups is 1. The van der Waals surface area contributed by atoms with E-state index in [2.05, 4.69) is 26.2 Å². The second kappa shape index (κ2) is 4.83. The maximum absolute atomic E-state index is 12.9. The lowest BCUT2D eigenvalue weighted by Crippen LogP contribution is -2.30. The summed E-state index contributed by atoms with van der Waals surface area (Å²) in [5.41, 5.74) is -2.10. The summed E-state index contributed by atoms with van der Waals surface area (Å²) in [5.74, 6) is -1.69. The van der Waals surface area contributed by atoms with Crippen LogP contribution in [0.4, 0.5) is 13.2 Å². The number of nitrogens with zero attached hydrogens (tertiary/aromatic N) is 2. The van der Waals surface area contributed by atoms with Gasteiger partial charge < -0.3 is 5.11 Å². The predicted octanol–water partition coefficient (Wildman–Crippen LogP) is 3.89. The van der Waals surface area contributed by atoms with Crippen LogP contribution >= 0.6 is 15.9 Å². The lowest BCUT2D eigenvalue weighted by molar-refractivity contribution is -0.166. The molecule has 0 saturated heterocycles. The fourth-order valence-corrected chi connectivity index (χ4v) is 2.39. The number of rotatable bonds is 4. The van der Waals surface area contributed by atoms with Crippen molar-refractivity contribution in [2.75, 3.05) is 0 Å². The van der Waals surface area contributed by atoms with Gasteiger partial charge in [0.05, 0.1) is 5.92 Å². The molecule has 1 aromatic carbocycles. The van der Waals surface area contributed by atoms with Crippen LogP contribution in [0.5, 0.6) is 0 Å². The fraction of sp³-hybridized carbons (Fsp3) is 0.417. The molecule has 0 unspecified atom stereocenters. The topological polar surface area (TPSA) is 62.0 Å². The molecule has 0 aromatic heterocycles. The molecule has 0 saturated carbocycles. The van der Waals surface area contributed by atoms with Gasteiger partial charge in [-0.1, -0.05) is 28.9 Å². The Morgan fingerprint density at radius 3 is 2.45 bits per heavy atom. The molecule has 1 atom stereocenters. The Bertz CT molecular complexity index is 581. The van der Waals surface area contributed by atoms with Gasteiger partial charge in [-0.25, -0.2) is 0 Å². The molecule has 0 bridgehead atoms. The maximum atomic E-state index is 12.9. The molecule has 2 rings (SSSR count). The van der Waals surface area contributed by atoms with Gasteiger partial charge >= 0.3 is 17.8 Å². The summed E-state index contributed by atoms with van der Waals surface area (Å²) in [7, 11) is 0. The molecular formula is C12H10BrF3N2O2. The number of carboxylic acid groups (broad SMARTS) is 1. The van der Waals surface area contributed by atoms with E-state index in [1.165, 1.54) is 19.1 Å². The molecule has 8 heteroatoms. The third kappa shape index (κ3) is 2.70. The Kier molecular flexibility index (Phi) is 3.62. The molecule has 0 radical (unpaired) electrons. The van der Waals surface area contributed by atoms with Crippen molar-refractivity contribution in [2.45, 2.75) is 25.2 Å². The first kappa shape index (κ1) is 15.0. The van der Waals surface area contributed by atoms with Crippen molar-refractivity contribution < 1.29 is 23.1 Å². The summed E-state index contributed by atoms with van der Waals surface area (Å²) in [6, 6.07) is 4.19. The van der Waals surface area contributed by atoms with E-state index in [-0.39, 0.29) is 12.0 Å². The van der Waals surface area contributed by atoms with E-state index in [1.807, 2.05) is 0 Å². The molecule has 1 aliphatic rings. The third-order valence-electron chi connectivity index (χ3n) is 3.02. The Balaban J connectivity index is 2.33. The van der Waals surface area contributed by atoms with Crippen LogP contribution in [0.3, 0.4) is 0 Å². The van der Waals surface area contributed by atoms with Gasteiger partial charge in [0.15, 0.2) is 0 Å². The van der Waals surface area contributed by atoms with Crippen molar-refractivity contribution in [1.82, 2.24) is 0 Å². The Morgan fingerprint density at radius 2 is 2.00 bits per heavy atom. The molecule has 1 N–H and O–H groups in total. The molecule has 1 heterocycles. The number of halogens is 4. The van der Waals surface area contributed by atoms with E-state index in [9.17, 15) is 18.0 Å². The lowest BCUT2D eigenvalue weighted by Gasteiger charge is -2.16. The molecular weight excluding hydrogens is 341 g/mol. The summed E-state index contributed by atoms with van der Waals surface area (Å²) in [6.07, 6.45) is -4.46. The third-order valence-corrected chi connectivity index (χ3v) is 3.48. The zero-order valence-corrected chi connectivity index (χ0v) is 11.9. The van der Waals surface area contributed by atoms with E-state index in [0.29, 0.717) is 10.0 Å². The zero-order chi connectivity index (χ0) is 15.1. The molecule has 20 heavy (non-hydrogen) atoms. The number of hydrogen-bond donors (Lipinski definition) is 1. The number of hydrogen-bond acceptors (Lipinski definition) is 3. The van der Waals surface area contributed by atoms with Crippen molar-refractivity contribution in [2.24, 2.45) is 16.1 Å². The molecule has 0 aliphatic carbocycles. The van der Waals surface area contributed by atoms with E-state index >= 15 is 0 Å². The summed E-state index contributed by atoms with van der Waals surface area (Å²) < 4.78 is 39.3. The van der Waals surface area contributed by atoms with Gasteiger partial charge in [-0.05, 0) is 24.1 Å². The zero-order valence-electron chi connectivity index (χ0n) is 10.3. The number of aliphatic carboxylic acids is 1. The van der Waals surface area contributed by atoms with Crippen LogP contribution in [0.1, 0.15) is 18.1 Å². The van der Waals surface area contributed by atoms with Crippen LogP contribution in [0.25, 0.3) is 0 Å². The molecule has 0 spiro atoms. The minimum absolute atomic E-state index is 0.105. The van der Waals surface area contributed by atoms with Crippen LogP contribution < -0.4 is 0 Å². The first-order chi connectivity index (χ1) is 9.15. The predicted molar refractivity (Wildman–Crippen MR) is 67.2 cm³/mol. The number of carboxylic acids is 1. The molecule has 0 fully saturated rings. The van der Waals surface area contributed by atoms with Gasteiger partial charge in [0.2, 0.25) is 0 Å². The number of alkyl halides is 3. The summed E-state index contributed by atoms with van der Waals surface area (Å²) in [6.45, 7) is 1.49. The quantitative estimate of drug-likeness (QED) is 0.895. The highest BCUT2D eigenvalue weighted by Gasteiger charge is 2.65.